The fraction of sp³-hybridized carbons (Fsp3) is 0.250. The van der Waals surface area contributed by atoms with Gasteiger partial charge in [0.2, 0.25) is 0 Å². The van der Waals surface area contributed by atoms with E-state index in [1.807, 2.05) is 25.1 Å². The van der Waals surface area contributed by atoms with E-state index in [0.717, 1.165) is 22.3 Å². The molecule has 0 radical (unpaired) electrons. The Bertz CT molecular complexity index is 621. The standard InChI is InChI=1S/C16H16BrClFNO/c1-2-20-9-11-5-3-7-13(17)16(11)21-10-12-6-4-8-14(18)15(12)19/h3-8,20H,2,9-10H2,1H3. The van der Waals surface area contributed by atoms with Crippen LogP contribution in [-0.4, -0.2) is 6.54 Å². The molecule has 0 heterocycles. The van der Waals surface area contributed by atoms with Crippen LogP contribution < -0.4 is 10.1 Å². The van der Waals surface area contributed by atoms with Gasteiger partial charge in [0.05, 0.1) is 9.50 Å². The summed E-state index contributed by atoms with van der Waals surface area (Å²) >= 11 is 9.25. The number of hydrogen-bond acceptors (Lipinski definition) is 2. The van der Waals surface area contributed by atoms with Crippen molar-refractivity contribution in [1.82, 2.24) is 5.32 Å². The van der Waals surface area contributed by atoms with Crippen molar-refractivity contribution < 1.29 is 9.13 Å². The lowest BCUT2D eigenvalue weighted by Crippen LogP contribution is -2.13. The fourth-order valence-corrected chi connectivity index (χ4v) is 2.64. The predicted molar refractivity (Wildman–Crippen MR) is 87.3 cm³/mol. The molecule has 0 saturated carbocycles. The zero-order valence-corrected chi connectivity index (χ0v) is 14.0. The molecule has 112 valence electrons. The second kappa shape index (κ2) is 7.78. The van der Waals surface area contributed by atoms with Gasteiger partial charge in [0.25, 0.3) is 0 Å². The number of hydrogen-bond donors (Lipinski definition) is 1. The molecule has 0 fully saturated rings. The molecule has 1 N–H and O–H groups in total. The molecule has 0 aliphatic rings. The van der Waals surface area contributed by atoms with E-state index in [4.69, 9.17) is 16.3 Å². The first-order chi connectivity index (χ1) is 10.1. The molecule has 0 atom stereocenters. The summed E-state index contributed by atoms with van der Waals surface area (Å²) in [4.78, 5) is 0. The number of rotatable bonds is 6. The van der Waals surface area contributed by atoms with Gasteiger partial charge < -0.3 is 10.1 Å². The Morgan fingerprint density at radius 2 is 1.90 bits per heavy atom. The minimum Gasteiger partial charge on any atom is -0.487 e. The number of benzene rings is 2. The highest BCUT2D eigenvalue weighted by atomic mass is 79.9. The molecule has 2 nitrogen and oxygen atoms in total. The largest absolute Gasteiger partial charge is 0.487 e. The maximum atomic E-state index is 13.9. The second-order valence-corrected chi connectivity index (χ2v) is 5.77. The molecule has 21 heavy (non-hydrogen) atoms. The molecule has 2 aromatic rings. The molecule has 0 aliphatic carbocycles. The summed E-state index contributed by atoms with van der Waals surface area (Å²) in [5, 5.41) is 3.36. The van der Waals surface area contributed by atoms with Crippen molar-refractivity contribution in [2.24, 2.45) is 0 Å². The average Bonchev–Trinajstić information content (AvgIpc) is 2.48. The van der Waals surface area contributed by atoms with Crippen LogP contribution in [0.5, 0.6) is 5.75 Å². The molecule has 0 saturated heterocycles. The van der Waals surface area contributed by atoms with Crippen LogP contribution in [0.3, 0.4) is 0 Å². The molecule has 0 aromatic heterocycles. The van der Waals surface area contributed by atoms with Gasteiger partial charge in [0, 0.05) is 17.7 Å². The summed E-state index contributed by atoms with van der Waals surface area (Å²) in [6, 6.07) is 10.7. The second-order valence-electron chi connectivity index (χ2n) is 4.51. The highest BCUT2D eigenvalue weighted by molar-refractivity contribution is 9.10. The molecule has 0 bridgehead atoms. The minimum absolute atomic E-state index is 0.108. The quantitative estimate of drug-likeness (QED) is 0.776. The van der Waals surface area contributed by atoms with Gasteiger partial charge in [-0.25, -0.2) is 4.39 Å². The number of nitrogens with one attached hydrogen (secondary N) is 1. The third-order valence-corrected chi connectivity index (χ3v) is 3.93. The molecule has 0 aliphatic heterocycles. The minimum atomic E-state index is -0.431. The van der Waals surface area contributed by atoms with Crippen LogP contribution in [0.4, 0.5) is 4.39 Å². The van der Waals surface area contributed by atoms with E-state index in [0.29, 0.717) is 12.1 Å². The predicted octanol–water partition coefficient (Wildman–Crippen LogP) is 4.93. The summed E-state index contributed by atoms with van der Waals surface area (Å²) in [5.74, 6) is 0.289. The van der Waals surface area contributed by atoms with Crippen LogP contribution in [-0.2, 0) is 13.2 Å². The molecular weight excluding hydrogens is 357 g/mol. The van der Waals surface area contributed by atoms with E-state index in [1.165, 1.54) is 6.07 Å². The fourth-order valence-electron chi connectivity index (χ4n) is 1.92. The van der Waals surface area contributed by atoms with E-state index in [-0.39, 0.29) is 11.6 Å². The maximum absolute atomic E-state index is 13.9. The Balaban J connectivity index is 2.17. The summed E-state index contributed by atoms with van der Waals surface area (Å²) in [6.07, 6.45) is 0. The van der Waals surface area contributed by atoms with Gasteiger partial charge in [-0.1, -0.05) is 42.8 Å². The normalized spacial score (nSPS) is 10.7. The lowest BCUT2D eigenvalue weighted by molar-refractivity contribution is 0.294. The highest BCUT2D eigenvalue weighted by Gasteiger charge is 2.11. The maximum Gasteiger partial charge on any atom is 0.148 e. The summed E-state index contributed by atoms with van der Waals surface area (Å²) in [6.45, 7) is 3.74. The Morgan fingerprint density at radius 3 is 2.67 bits per heavy atom. The van der Waals surface area contributed by atoms with Gasteiger partial charge in [0.1, 0.15) is 18.2 Å². The zero-order chi connectivity index (χ0) is 15.2. The van der Waals surface area contributed by atoms with Gasteiger partial charge in [-0.2, -0.15) is 0 Å². The molecule has 0 amide bonds. The van der Waals surface area contributed by atoms with Gasteiger partial charge >= 0.3 is 0 Å². The van der Waals surface area contributed by atoms with Crippen molar-refractivity contribution in [3.63, 3.8) is 0 Å². The van der Waals surface area contributed by atoms with Gasteiger partial charge in [-0.05, 0) is 34.6 Å². The van der Waals surface area contributed by atoms with Crippen LogP contribution in [0.2, 0.25) is 5.02 Å². The highest BCUT2D eigenvalue weighted by Crippen LogP contribution is 2.30. The van der Waals surface area contributed by atoms with Crippen LogP contribution in [0.25, 0.3) is 0 Å². The van der Waals surface area contributed by atoms with Crippen molar-refractivity contribution in [1.29, 1.82) is 0 Å². The smallest absolute Gasteiger partial charge is 0.148 e. The number of halogens is 3. The summed E-state index contributed by atoms with van der Waals surface area (Å²) < 4.78 is 20.5. The first-order valence-corrected chi connectivity index (χ1v) is 7.84. The van der Waals surface area contributed by atoms with Gasteiger partial charge in [-0.15, -0.1) is 0 Å². The SMILES string of the molecule is CCNCc1cccc(Br)c1OCc1cccc(Cl)c1F. The third-order valence-electron chi connectivity index (χ3n) is 3.02. The van der Waals surface area contributed by atoms with E-state index < -0.39 is 5.82 Å². The van der Waals surface area contributed by atoms with Crippen LogP contribution in [0.1, 0.15) is 18.1 Å². The van der Waals surface area contributed by atoms with Crippen molar-refractivity contribution in [2.75, 3.05) is 6.54 Å². The van der Waals surface area contributed by atoms with Crippen molar-refractivity contribution in [2.45, 2.75) is 20.1 Å². The first-order valence-electron chi connectivity index (χ1n) is 6.67. The Kier molecular flexibility index (Phi) is 6.03. The lowest BCUT2D eigenvalue weighted by Gasteiger charge is -2.14. The summed E-state index contributed by atoms with van der Waals surface area (Å²) in [7, 11) is 0. The van der Waals surface area contributed by atoms with Crippen molar-refractivity contribution in [3.8, 4) is 5.75 Å². The van der Waals surface area contributed by atoms with E-state index in [1.54, 1.807) is 12.1 Å². The Morgan fingerprint density at radius 1 is 1.19 bits per heavy atom. The molecule has 5 heteroatoms. The summed E-state index contributed by atoms with van der Waals surface area (Å²) in [5.41, 5.74) is 1.46. The van der Waals surface area contributed by atoms with Crippen molar-refractivity contribution in [3.05, 3.63) is 62.8 Å². The van der Waals surface area contributed by atoms with Crippen molar-refractivity contribution >= 4 is 27.5 Å². The average molecular weight is 373 g/mol. The van der Waals surface area contributed by atoms with Gasteiger partial charge in [-0.3, -0.25) is 0 Å². The monoisotopic (exact) mass is 371 g/mol. The van der Waals surface area contributed by atoms with E-state index >= 15 is 0 Å². The number of para-hydroxylation sites is 1. The molecule has 0 spiro atoms. The number of ether oxygens (including phenoxy) is 1. The molecule has 0 unspecified atom stereocenters. The lowest BCUT2D eigenvalue weighted by atomic mass is 10.2. The van der Waals surface area contributed by atoms with Crippen LogP contribution in [0, 0.1) is 5.82 Å². The van der Waals surface area contributed by atoms with Crippen LogP contribution in [0.15, 0.2) is 40.9 Å². The topological polar surface area (TPSA) is 21.3 Å². The van der Waals surface area contributed by atoms with E-state index in [9.17, 15) is 4.39 Å². The molecule has 2 rings (SSSR count). The van der Waals surface area contributed by atoms with E-state index in [2.05, 4.69) is 21.2 Å². The zero-order valence-electron chi connectivity index (χ0n) is 11.6. The third kappa shape index (κ3) is 4.19. The molecule has 2 aromatic carbocycles. The van der Waals surface area contributed by atoms with Crippen LogP contribution >= 0.6 is 27.5 Å². The van der Waals surface area contributed by atoms with Gasteiger partial charge in [0.15, 0.2) is 0 Å². The Labute approximate surface area is 137 Å². The first kappa shape index (κ1) is 16.3. The Hall–Kier alpha value is -1.10. The molecular formula is C16H16BrClFNO.